The van der Waals surface area contributed by atoms with Crippen LogP contribution < -0.4 is 0 Å². The van der Waals surface area contributed by atoms with E-state index in [4.69, 9.17) is 4.74 Å². The molecule has 0 rings (SSSR count). The number of hydrogen-bond donors (Lipinski definition) is 0. The van der Waals surface area contributed by atoms with E-state index in [1.165, 1.54) is 0 Å². The van der Waals surface area contributed by atoms with Gasteiger partial charge in [0.1, 0.15) is 0 Å². The first kappa shape index (κ1) is 15.2. The van der Waals surface area contributed by atoms with Crippen LogP contribution in [0.2, 0.25) is 0 Å². The summed E-state index contributed by atoms with van der Waals surface area (Å²) < 4.78 is 5.25. The van der Waals surface area contributed by atoms with E-state index in [-0.39, 0.29) is 16.8 Å². The number of ether oxygens (including phenoxy) is 1. The molecule has 0 heterocycles. The van der Waals surface area contributed by atoms with Gasteiger partial charge in [-0.25, -0.2) is 4.79 Å². The Labute approximate surface area is 100 Å². The maximum atomic E-state index is 11.3. The molecule has 0 aliphatic rings. The molecule has 0 fully saturated rings. The smallest absolute Gasteiger partial charge is 0.333 e. The summed E-state index contributed by atoms with van der Waals surface area (Å²) in [6.07, 6.45) is 0. The monoisotopic (exact) mass is 226 g/mol. The van der Waals surface area contributed by atoms with Gasteiger partial charge in [-0.1, -0.05) is 48.1 Å². The molecule has 0 aromatic heterocycles. The van der Waals surface area contributed by atoms with Gasteiger partial charge in [-0.3, -0.25) is 0 Å². The van der Waals surface area contributed by atoms with Crippen LogP contribution in [0.4, 0.5) is 0 Å². The Hall–Kier alpha value is -0.790. The van der Waals surface area contributed by atoms with Gasteiger partial charge >= 0.3 is 5.97 Å². The second-order valence-electron chi connectivity index (χ2n) is 6.43. The van der Waals surface area contributed by atoms with Crippen LogP contribution in [-0.4, -0.2) is 12.6 Å². The highest BCUT2D eigenvalue weighted by Gasteiger charge is 2.35. The predicted octanol–water partition coefficient (Wildman–Crippen LogP) is 3.81. The normalized spacial score (nSPS) is 14.4. The van der Waals surface area contributed by atoms with Crippen LogP contribution in [0, 0.1) is 16.7 Å². The van der Waals surface area contributed by atoms with Crippen LogP contribution in [-0.2, 0) is 9.53 Å². The maximum Gasteiger partial charge on any atom is 0.333 e. The third-order valence-electron chi connectivity index (χ3n) is 3.39. The summed E-state index contributed by atoms with van der Waals surface area (Å²) in [5, 5.41) is 0. The third kappa shape index (κ3) is 4.38. The fourth-order valence-corrected chi connectivity index (χ4v) is 1.67. The van der Waals surface area contributed by atoms with E-state index in [0.29, 0.717) is 18.1 Å². The summed E-state index contributed by atoms with van der Waals surface area (Å²) in [6.45, 7) is 18.8. The lowest BCUT2D eigenvalue weighted by Crippen LogP contribution is -2.36. The zero-order chi connectivity index (χ0) is 13.1. The number of carbonyl (C=O) groups is 1. The first-order valence-electron chi connectivity index (χ1n) is 5.81. The van der Waals surface area contributed by atoms with E-state index in [9.17, 15) is 4.79 Å². The average molecular weight is 226 g/mol. The molecule has 0 saturated carbocycles. The van der Waals surface area contributed by atoms with Gasteiger partial charge in [-0.05, 0) is 18.3 Å². The van der Waals surface area contributed by atoms with E-state index in [1.807, 2.05) is 0 Å². The molecule has 0 saturated heterocycles. The van der Waals surface area contributed by atoms with Gasteiger partial charge in [0.15, 0.2) is 0 Å². The van der Waals surface area contributed by atoms with Crippen molar-refractivity contribution < 1.29 is 9.53 Å². The Morgan fingerprint density at radius 2 is 1.69 bits per heavy atom. The molecular weight excluding hydrogens is 200 g/mol. The molecule has 0 amide bonds. The Balaban J connectivity index is 4.47. The van der Waals surface area contributed by atoms with Crippen molar-refractivity contribution >= 4 is 5.97 Å². The molecule has 0 aliphatic heterocycles. The van der Waals surface area contributed by atoms with Crippen LogP contribution in [0.25, 0.3) is 0 Å². The summed E-state index contributed by atoms with van der Waals surface area (Å²) in [5.74, 6) is 0.159. The van der Waals surface area contributed by atoms with Crippen LogP contribution in [0.5, 0.6) is 0 Å². The van der Waals surface area contributed by atoms with Crippen molar-refractivity contribution in [1.82, 2.24) is 0 Å². The largest absolute Gasteiger partial charge is 0.462 e. The van der Waals surface area contributed by atoms with Crippen molar-refractivity contribution in [2.45, 2.75) is 48.5 Å². The second kappa shape index (κ2) is 5.03. The lowest BCUT2D eigenvalue weighted by molar-refractivity contribution is -0.143. The van der Waals surface area contributed by atoms with Crippen molar-refractivity contribution in [1.29, 1.82) is 0 Å². The van der Waals surface area contributed by atoms with E-state index < -0.39 is 0 Å². The molecule has 94 valence electrons. The summed E-state index contributed by atoms with van der Waals surface area (Å²) in [5.41, 5.74) is 0.641. The molecule has 0 aromatic rings. The first-order valence-corrected chi connectivity index (χ1v) is 5.81. The van der Waals surface area contributed by atoms with Gasteiger partial charge in [0.25, 0.3) is 0 Å². The molecular formula is C14H26O2. The Morgan fingerprint density at radius 3 is 2.00 bits per heavy atom. The van der Waals surface area contributed by atoms with Gasteiger partial charge < -0.3 is 4.74 Å². The quantitative estimate of drug-likeness (QED) is 0.538. The van der Waals surface area contributed by atoms with Gasteiger partial charge in [0, 0.05) is 11.0 Å². The molecule has 2 nitrogen and oxygen atoms in total. The van der Waals surface area contributed by atoms with Crippen LogP contribution in [0.3, 0.4) is 0 Å². The predicted molar refractivity (Wildman–Crippen MR) is 68.2 cm³/mol. The zero-order valence-corrected chi connectivity index (χ0v) is 11.8. The molecule has 0 aliphatic carbocycles. The van der Waals surface area contributed by atoms with Crippen molar-refractivity contribution in [2.75, 3.05) is 6.61 Å². The lowest BCUT2D eigenvalue weighted by atomic mass is 9.67. The molecule has 0 radical (unpaired) electrons. The van der Waals surface area contributed by atoms with E-state index in [2.05, 4.69) is 48.1 Å². The second-order valence-corrected chi connectivity index (χ2v) is 6.43. The number of esters is 1. The molecule has 16 heavy (non-hydrogen) atoms. The van der Waals surface area contributed by atoms with E-state index in [1.54, 1.807) is 6.92 Å². The highest BCUT2D eigenvalue weighted by atomic mass is 16.5. The number of carbonyl (C=O) groups excluding carboxylic acids is 1. The SMILES string of the molecule is C=C(C)C(=O)OCC(C)(C)C(C)C(C)(C)C. The Kier molecular flexibility index (Phi) is 4.78. The van der Waals surface area contributed by atoms with Gasteiger partial charge in [-0.15, -0.1) is 0 Å². The maximum absolute atomic E-state index is 11.3. The molecule has 0 N–H and O–H groups in total. The van der Waals surface area contributed by atoms with Crippen LogP contribution >= 0.6 is 0 Å². The zero-order valence-electron chi connectivity index (χ0n) is 11.8. The first-order chi connectivity index (χ1) is 6.98. The van der Waals surface area contributed by atoms with Gasteiger partial charge in [0.05, 0.1) is 6.61 Å². The molecule has 0 bridgehead atoms. The number of hydrogen-bond acceptors (Lipinski definition) is 2. The van der Waals surface area contributed by atoms with Crippen molar-refractivity contribution in [3.63, 3.8) is 0 Å². The topological polar surface area (TPSA) is 26.3 Å². The van der Waals surface area contributed by atoms with Gasteiger partial charge in [-0.2, -0.15) is 0 Å². The fraction of sp³-hybridized carbons (Fsp3) is 0.786. The minimum atomic E-state index is -0.297. The Bertz CT molecular complexity index is 269. The molecule has 2 heteroatoms. The summed E-state index contributed by atoms with van der Waals surface area (Å²) >= 11 is 0. The highest BCUT2D eigenvalue weighted by Crippen LogP contribution is 2.39. The molecule has 0 spiro atoms. The number of rotatable bonds is 4. The summed E-state index contributed by atoms with van der Waals surface area (Å²) in [6, 6.07) is 0. The van der Waals surface area contributed by atoms with E-state index in [0.717, 1.165) is 0 Å². The highest BCUT2D eigenvalue weighted by molar-refractivity contribution is 5.86. The standard InChI is InChI=1S/C14H26O2/c1-10(2)12(15)16-9-14(7,8)11(3)13(4,5)6/h11H,1,9H2,2-8H3. The molecule has 1 atom stereocenters. The summed E-state index contributed by atoms with van der Waals surface area (Å²) in [7, 11) is 0. The average Bonchev–Trinajstić information content (AvgIpc) is 2.11. The van der Waals surface area contributed by atoms with Crippen molar-refractivity contribution in [3.05, 3.63) is 12.2 Å². The third-order valence-corrected chi connectivity index (χ3v) is 3.39. The van der Waals surface area contributed by atoms with Crippen LogP contribution in [0.1, 0.15) is 48.5 Å². The lowest BCUT2D eigenvalue weighted by Gasteiger charge is -2.40. The van der Waals surface area contributed by atoms with Crippen molar-refractivity contribution in [3.8, 4) is 0 Å². The molecule has 1 unspecified atom stereocenters. The fourth-order valence-electron chi connectivity index (χ4n) is 1.67. The van der Waals surface area contributed by atoms with Crippen LogP contribution in [0.15, 0.2) is 12.2 Å². The summed E-state index contributed by atoms with van der Waals surface area (Å²) in [4.78, 5) is 11.3. The molecule has 0 aromatic carbocycles. The minimum absolute atomic E-state index is 0.0244. The minimum Gasteiger partial charge on any atom is -0.462 e. The van der Waals surface area contributed by atoms with Gasteiger partial charge in [0.2, 0.25) is 0 Å². The van der Waals surface area contributed by atoms with Crippen molar-refractivity contribution in [2.24, 2.45) is 16.7 Å². The Morgan fingerprint density at radius 1 is 1.25 bits per heavy atom. The van der Waals surface area contributed by atoms with E-state index >= 15 is 0 Å².